The van der Waals surface area contributed by atoms with E-state index in [1.807, 2.05) is 54.8 Å². The van der Waals surface area contributed by atoms with E-state index in [4.69, 9.17) is 4.74 Å². The van der Waals surface area contributed by atoms with Crippen LogP contribution in [-0.2, 0) is 0 Å². The molecule has 1 heterocycles. The SMILES string of the molecule is COc1c(Br)ccc(C)c1C=NNc1nc(-c2ccccc2)cs1. The van der Waals surface area contributed by atoms with Crippen molar-refractivity contribution in [1.82, 2.24) is 4.98 Å². The van der Waals surface area contributed by atoms with Crippen molar-refractivity contribution in [3.63, 3.8) is 0 Å². The summed E-state index contributed by atoms with van der Waals surface area (Å²) in [5.74, 6) is 0.768. The topological polar surface area (TPSA) is 46.5 Å². The van der Waals surface area contributed by atoms with Crippen molar-refractivity contribution in [3.8, 4) is 17.0 Å². The number of hydrogen-bond donors (Lipinski definition) is 1. The van der Waals surface area contributed by atoms with Crippen LogP contribution in [0.25, 0.3) is 11.3 Å². The van der Waals surface area contributed by atoms with Gasteiger partial charge in [-0.2, -0.15) is 5.10 Å². The normalized spacial score (nSPS) is 11.0. The van der Waals surface area contributed by atoms with Gasteiger partial charge in [0.2, 0.25) is 5.13 Å². The molecule has 4 nitrogen and oxygen atoms in total. The largest absolute Gasteiger partial charge is 0.495 e. The van der Waals surface area contributed by atoms with E-state index in [-0.39, 0.29) is 0 Å². The van der Waals surface area contributed by atoms with Crippen LogP contribution >= 0.6 is 27.3 Å². The lowest BCUT2D eigenvalue weighted by Crippen LogP contribution is -1.97. The Morgan fingerprint density at radius 2 is 2.00 bits per heavy atom. The lowest BCUT2D eigenvalue weighted by Gasteiger charge is -2.09. The number of nitrogens with zero attached hydrogens (tertiary/aromatic N) is 2. The fourth-order valence-corrected chi connectivity index (χ4v) is 3.43. The molecule has 0 saturated heterocycles. The average Bonchev–Trinajstić information content (AvgIpc) is 3.08. The summed E-state index contributed by atoms with van der Waals surface area (Å²) < 4.78 is 6.34. The van der Waals surface area contributed by atoms with Crippen LogP contribution in [-0.4, -0.2) is 18.3 Å². The van der Waals surface area contributed by atoms with Gasteiger partial charge in [0.1, 0.15) is 5.75 Å². The number of nitrogens with one attached hydrogen (secondary N) is 1. The molecule has 0 aliphatic rings. The van der Waals surface area contributed by atoms with Crippen LogP contribution in [0.2, 0.25) is 0 Å². The summed E-state index contributed by atoms with van der Waals surface area (Å²) in [4.78, 5) is 4.55. The van der Waals surface area contributed by atoms with Gasteiger partial charge in [0.15, 0.2) is 0 Å². The van der Waals surface area contributed by atoms with Gasteiger partial charge in [-0.15, -0.1) is 11.3 Å². The van der Waals surface area contributed by atoms with E-state index in [9.17, 15) is 0 Å². The minimum atomic E-state index is 0.747. The van der Waals surface area contributed by atoms with Gasteiger partial charge in [0.25, 0.3) is 0 Å². The lowest BCUT2D eigenvalue weighted by molar-refractivity contribution is 0.411. The van der Waals surface area contributed by atoms with Crippen LogP contribution < -0.4 is 10.2 Å². The van der Waals surface area contributed by atoms with E-state index in [1.54, 1.807) is 13.3 Å². The quantitative estimate of drug-likeness (QED) is 0.463. The van der Waals surface area contributed by atoms with Gasteiger partial charge in [-0.1, -0.05) is 36.4 Å². The van der Waals surface area contributed by atoms with Crippen molar-refractivity contribution in [3.05, 3.63) is 63.4 Å². The number of aromatic nitrogens is 1. The highest BCUT2D eigenvalue weighted by Crippen LogP contribution is 2.30. The molecular weight excluding hydrogens is 386 g/mol. The number of anilines is 1. The van der Waals surface area contributed by atoms with Gasteiger partial charge < -0.3 is 4.74 Å². The summed E-state index contributed by atoms with van der Waals surface area (Å²) in [7, 11) is 1.65. The molecule has 3 rings (SSSR count). The van der Waals surface area contributed by atoms with E-state index in [1.165, 1.54) is 11.3 Å². The zero-order valence-corrected chi connectivity index (χ0v) is 15.7. The standard InChI is InChI=1S/C18H16BrN3OS/c1-12-8-9-15(19)17(23-2)14(12)10-20-22-18-21-16(11-24-18)13-6-4-3-5-7-13/h3-11H,1-2H3,(H,21,22). The molecule has 0 saturated carbocycles. The summed E-state index contributed by atoms with van der Waals surface area (Å²) in [6, 6.07) is 14.1. The lowest BCUT2D eigenvalue weighted by atomic mass is 10.1. The molecule has 0 bridgehead atoms. The Labute approximate surface area is 153 Å². The third kappa shape index (κ3) is 3.66. The van der Waals surface area contributed by atoms with Crippen LogP contribution in [0.5, 0.6) is 5.75 Å². The first-order chi connectivity index (χ1) is 11.7. The molecule has 24 heavy (non-hydrogen) atoms. The molecule has 0 amide bonds. The Balaban J connectivity index is 1.76. The number of hydrazone groups is 1. The van der Waals surface area contributed by atoms with Crippen molar-refractivity contribution >= 4 is 38.6 Å². The molecule has 1 N–H and O–H groups in total. The van der Waals surface area contributed by atoms with Crippen molar-refractivity contribution in [2.24, 2.45) is 5.10 Å². The zero-order valence-electron chi connectivity index (χ0n) is 13.3. The number of aryl methyl sites for hydroxylation is 1. The van der Waals surface area contributed by atoms with Crippen molar-refractivity contribution in [1.29, 1.82) is 0 Å². The van der Waals surface area contributed by atoms with E-state index < -0.39 is 0 Å². The van der Waals surface area contributed by atoms with Crippen LogP contribution in [0, 0.1) is 6.92 Å². The predicted molar refractivity (Wildman–Crippen MR) is 104 cm³/mol. The highest BCUT2D eigenvalue weighted by atomic mass is 79.9. The first-order valence-corrected chi connectivity index (χ1v) is 8.99. The number of benzene rings is 2. The van der Waals surface area contributed by atoms with Crippen LogP contribution in [0.15, 0.2) is 57.4 Å². The van der Waals surface area contributed by atoms with Gasteiger partial charge in [0, 0.05) is 16.5 Å². The highest BCUT2D eigenvalue weighted by molar-refractivity contribution is 9.10. The Morgan fingerprint density at radius 3 is 2.75 bits per heavy atom. The number of thiazole rings is 1. The second-order valence-electron chi connectivity index (χ2n) is 5.09. The van der Waals surface area contributed by atoms with Gasteiger partial charge >= 0.3 is 0 Å². The van der Waals surface area contributed by atoms with E-state index in [0.717, 1.165) is 37.7 Å². The molecule has 0 aliphatic heterocycles. The number of ether oxygens (including phenoxy) is 1. The third-order valence-electron chi connectivity index (χ3n) is 3.50. The minimum absolute atomic E-state index is 0.747. The minimum Gasteiger partial charge on any atom is -0.495 e. The Kier molecular flexibility index (Phi) is 5.27. The maximum absolute atomic E-state index is 5.44. The molecule has 2 aromatic carbocycles. The molecule has 0 fully saturated rings. The van der Waals surface area contributed by atoms with Crippen LogP contribution in [0.3, 0.4) is 0 Å². The molecule has 1 aromatic heterocycles. The van der Waals surface area contributed by atoms with Crippen molar-refractivity contribution in [2.75, 3.05) is 12.5 Å². The summed E-state index contributed by atoms with van der Waals surface area (Å²) in [5.41, 5.74) is 7.04. The molecule has 0 radical (unpaired) electrons. The van der Waals surface area contributed by atoms with Crippen LogP contribution in [0.1, 0.15) is 11.1 Å². The molecule has 0 unspecified atom stereocenters. The van der Waals surface area contributed by atoms with Crippen molar-refractivity contribution in [2.45, 2.75) is 6.92 Å². The monoisotopic (exact) mass is 401 g/mol. The molecule has 3 aromatic rings. The zero-order chi connectivity index (χ0) is 16.9. The molecule has 0 aliphatic carbocycles. The molecule has 0 atom stereocenters. The third-order valence-corrected chi connectivity index (χ3v) is 4.87. The number of rotatable bonds is 5. The van der Waals surface area contributed by atoms with Gasteiger partial charge in [-0.3, -0.25) is 5.43 Å². The smallest absolute Gasteiger partial charge is 0.203 e. The molecular formula is C18H16BrN3OS. The molecule has 6 heteroatoms. The first-order valence-electron chi connectivity index (χ1n) is 7.32. The van der Waals surface area contributed by atoms with E-state index >= 15 is 0 Å². The van der Waals surface area contributed by atoms with Crippen LogP contribution in [0.4, 0.5) is 5.13 Å². The highest BCUT2D eigenvalue weighted by Gasteiger charge is 2.08. The number of hydrogen-bond acceptors (Lipinski definition) is 5. The fraction of sp³-hybridized carbons (Fsp3) is 0.111. The molecule has 0 spiro atoms. The maximum Gasteiger partial charge on any atom is 0.203 e. The fourth-order valence-electron chi connectivity index (χ4n) is 2.26. The maximum atomic E-state index is 5.44. The number of halogens is 1. The molecule has 122 valence electrons. The van der Waals surface area contributed by atoms with E-state index in [0.29, 0.717) is 0 Å². The van der Waals surface area contributed by atoms with Gasteiger partial charge in [-0.05, 0) is 34.5 Å². The van der Waals surface area contributed by atoms with Gasteiger partial charge in [0.05, 0.1) is 23.5 Å². The first kappa shape index (κ1) is 16.7. The van der Waals surface area contributed by atoms with E-state index in [2.05, 4.69) is 31.4 Å². The average molecular weight is 402 g/mol. The summed E-state index contributed by atoms with van der Waals surface area (Å²) >= 11 is 5.01. The second-order valence-corrected chi connectivity index (χ2v) is 6.80. The van der Waals surface area contributed by atoms with Gasteiger partial charge in [-0.25, -0.2) is 4.98 Å². The summed E-state index contributed by atoms with van der Waals surface area (Å²) in [5, 5.41) is 7.06. The second kappa shape index (κ2) is 7.59. The summed E-state index contributed by atoms with van der Waals surface area (Å²) in [6.07, 6.45) is 1.75. The Morgan fingerprint density at radius 1 is 1.21 bits per heavy atom. The Bertz CT molecular complexity index is 862. The van der Waals surface area contributed by atoms with Crippen molar-refractivity contribution < 1.29 is 4.74 Å². The Hall–Kier alpha value is -2.18. The summed E-state index contributed by atoms with van der Waals surface area (Å²) in [6.45, 7) is 2.02. The number of methoxy groups -OCH3 is 1. The predicted octanol–water partition coefficient (Wildman–Crippen LogP) is 5.34.